The van der Waals surface area contributed by atoms with Crippen LogP contribution in [-0.4, -0.2) is 35.5 Å². The lowest BCUT2D eigenvalue weighted by molar-refractivity contribution is 0.182. The maximum atomic E-state index is 5.14. The van der Waals surface area contributed by atoms with Gasteiger partial charge in [0.15, 0.2) is 0 Å². The van der Waals surface area contributed by atoms with Crippen LogP contribution in [0.5, 0.6) is 0 Å². The van der Waals surface area contributed by atoms with Crippen LogP contribution in [-0.2, 0) is 11.3 Å². The number of ether oxygens (including phenoxy) is 1. The van der Waals surface area contributed by atoms with Gasteiger partial charge in [0.05, 0.1) is 41.3 Å². The predicted molar refractivity (Wildman–Crippen MR) is 81.7 cm³/mol. The second kappa shape index (κ2) is 6.97. The highest BCUT2D eigenvalue weighted by molar-refractivity contribution is 9.10. The molecule has 1 unspecified atom stereocenters. The monoisotopic (exact) mass is 338 g/mol. The largest absolute Gasteiger partial charge is 0.383 e. The fraction of sp³-hybridized carbons (Fsp3) is 0.429. The Labute approximate surface area is 127 Å². The summed E-state index contributed by atoms with van der Waals surface area (Å²) in [6, 6.07) is 4.00. The molecule has 0 bridgehead atoms. The van der Waals surface area contributed by atoms with E-state index in [1.54, 1.807) is 7.11 Å². The average molecular weight is 339 g/mol. The van der Waals surface area contributed by atoms with Crippen LogP contribution in [0, 0.1) is 6.92 Å². The number of rotatable bonds is 6. The number of nitrogens with zero attached hydrogens (tertiary/aromatic N) is 3. The fourth-order valence-corrected chi connectivity index (χ4v) is 2.74. The number of pyridine rings is 1. The summed E-state index contributed by atoms with van der Waals surface area (Å²) in [5.41, 5.74) is 3.22. The first-order valence-electron chi connectivity index (χ1n) is 6.48. The normalized spacial score (nSPS) is 12.6. The summed E-state index contributed by atoms with van der Waals surface area (Å²) < 4.78 is 8.06. The summed E-state index contributed by atoms with van der Waals surface area (Å²) >= 11 is 3.58. The molecule has 0 aliphatic heterocycles. The summed E-state index contributed by atoms with van der Waals surface area (Å²) in [7, 11) is 3.62. The molecule has 0 radical (unpaired) electrons. The molecule has 0 aliphatic carbocycles. The molecule has 0 aliphatic rings. The van der Waals surface area contributed by atoms with Crippen LogP contribution >= 0.6 is 15.9 Å². The predicted octanol–water partition coefficient (Wildman–Crippen LogP) is 2.30. The molecule has 2 aromatic rings. The third-order valence-electron chi connectivity index (χ3n) is 3.23. The summed E-state index contributed by atoms with van der Waals surface area (Å²) in [5, 5.41) is 7.72. The van der Waals surface area contributed by atoms with Gasteiger partial charge in [-0.3, -0.25) is 9.67 Å². The summed E-state index contributed by atoms with van der Waals surface area (Å²) in [6.07, 6.45) is 3.63. The van der Waals surface area contributed by atoms with E-state index in [1.165, 1.54) is 0 Å². The zero-order chi connectivity index (χ0) is 14.5. The van der Waals surface area contributed by atoms with Crippen LogP contribution in [0.1, 0.15) is 23.0 Å². The number of hydrogen-bond donors (Lipinski definition) is 1. The van der Waals surface area contributed by atoms with Crippen molar-refractivity contribution in [3.8, 4) is 0 Å². The van der Waals surface area contributed by atoms with Crippen LogP contribution < -0.4 is 5.32 Å². The second-order valence-corrected chi connectivity index (χ2v) is 5.38. The van der Waals surface area contributed by atoms with Crippen molar-refractivity contribution in [1.29, 1.82) is 0 Å². The van der Waals surface area contributed by atoms with E-state index in [0.29, 0.717) is 13.2 Å². The quantitative estimate of drug-likeness (QED) is 0.878. The Kier molecular flexibility index (Phi) is 5.28. The van der Waals surface area contributed by atoms with Crippen LogP contribution in [0.25, 0.3) is 0 Å². The molecule has 2 aromatic heterocycles. The SMILES string of the molecule is CNC(c1ncccc1C)c1c(Br)cnn1CCOC. The standard InChI is InChI=1S/C14H19BrN4O/c1-10-5-4-6-17-12(10)13(16-2)14-11(15)9-18-19(14)7-8-20-3/h4-6,9,13,16H,7-8H2,1-3H3. The van der Waals surface area contributed by atoms with Crippen LogP contribution in [0.3, 0.4) is 0 Å². The molecule has 1 atom stereocenters. The molecule has 20 heavy (non-hydrogen) atoms. The van der Waals surface area contributed by atoms with Gasteiger partial charge < -0.3 is 10.1 Å². The first kappa shape index (κ1) is 15.2. The van der Waals surface area contributed by atoms with E-state index in [-0.39, 0.29) is 6.04 Å². The number of nitrogens with one attached hydrogen (secondary N) is 1. The lowest BCUT2D eigenvalue weighted by Crippen LogP contribution is -2.24. The molecule has 5 nitrogen and oxygen atoms in total. The molecule has 0 amide bonds. The second-order valence-electron chi connectivity index (χ2n) is 4.52. The minimum absolute atomic E-state index is 0.00932. The third kappa shape index (κ3) is 3.08. The molecule has 0 saturated carbocycles. The topological polar surface area (TPSA) is 52.0 Å². The van der Waals surface area contributed by atoms with Crippen LogP contribution in [0.4, 0.5) is 0 Å². The Hall–Kier alpha value is -1.24. The minimum Gasteiger partial charge on any atom is -0.383 e. The Morgan fingerprint density at radius 2 is 2.30 bits per heavy atom. The number of aryl methyl sites for hydroxylation is 1. The van der Waals surface area contributed by atoms with E-state index in [1.807, 2.05) is 30.2 Å². The molecule has 0 spiro atoms. The molecule has 0 aromatic carbocycles. The molecular weight excluding hydrogens is 320 g/mol. The van der Waals surface area contributed by atoms with Crippen LogP contribution in [0.2, 0.25) is 0 Å². The lowest BCUT2D eigenvalue weighted by Gasteiger charge is -2.20. The fourth-order valence-electron chi connectivity index (χ4n) is 2.22. The van der Waals surface area contributed by atoms with Gasteiger partial charge >= 0.3 is 0 Å². The highest BCUT2D eigenvalue weighted by Crippen LogP contribution is 2.28. The molecule has 0 saturated heterocycles. The van der Waals surface area contributed by atoms with Gasteiger partial charge in [-0.05, 0) is 41.5 Å². The third-order valence-corrected chi connectivity index (χ3v) is 3.84. The smallest absolute Gasteiger partial charge is 0.0933 e. The molecule has 108 valence electrons. The van der Waals surface area contributed by atoms with Crippen LogP contribution in [0.15, 0.2) is 29.0 Å². The van der Waals surface area contributed by atoms with Crippen molar-refractivity contribution >= 4 is 15.9 Å². The minimum atomic E-state index is -0.00932. The van der Waals surface area contributed by atoms with Gasteiger partial charge in [0.25, 0.3) is 0 Å². The molecule has 6 heteroatoms. The lowest BCUT2D eigenvalue weighted by atomic mass is 10.1. The van der Waals surface area contributed by atoms with E-state index >= 15 is 0 Å². The van der Waals surface area contributed by atoms with Gasteiger partial charge in [-0.15, -0.1) is 0 Å². The first-order valence-corrected chi connectivity index (χ1v) is 7.27. The van der Waals surface area contributed by atoms with Crippen molar-refractivity contribution < 1.29 is 4.74 Å². The maximum Gasteiger partial charge on any atom is 0.0933 e. The molecule has 1 N–H and O–H groups in total. The zero-order valence-corrected chi connectivity index (χ0v) is 13.5. The van der Waals surface area contributed by atoms with E-state index in [2.05, 4.69) is 44.3 Å². The van der Waals surface area contributed by atoms with Gasteiger partial charge in [-0.1, -0.05) is 6.07 Å². The average Bonchev–Trinajstić information content (AvgIpc) is 2.81. The Morgan fingerprint density at radius 3 is 2.95 bits per heavy atom. The van der Waals surface area contributed by atoms with E-state index in [9.17, 15) is 0 Å². The first-order chi connectivity index (χ1) is 9.69. The van der Waals surface area contributed by atoms with Gasteiger partial charge in [0.1, 0.15) is 0 Å². The van der Waals surface area contributed by atoms with E-state index in [0.717, 1.165) is 21.4 Å². The molecule has 2 heterocycles. The Balaban J connectivity index is 2.42. The van der Waals surface area contributed by atoms with Gasteiger partial charge in [0, 0.05) is 13.3 Å². The Morgan fingerprint density at radius 1 is 1.50 bits per heavy atom. The van der Waals surface area contributed by atoms with Gasteiger partial charge in [-0.25, -0.2) is 0 Å². The summed E-state index contributed by atoms with van der Waals surface area (Å²) in [4.78, 5) is 4.51. The van der Waals surface area contributed by atoms with Crippen molar-refractivity contribution in [1.82, 2.24) is 20.1 Å². The molecule has 0 fully saturated rings. The van der Waals surface area contributed by atoms with Crippen molar-refractivity contribution in [3.63, 3.8) is 0 Å². The summed E-state index contributed by atoms with van der Waals surface area (Å²) in [6.45, 7) is 3.40. The van der Waals surface area contributed by atoms with Crippen molar-refractivity contribution in [2.75, 3.05) is 20.8 Å². The van der Waals surface area contributed by atoms with E-state index < -0.39 is 0 Å². The number of hydrogen-bond acceptors (Lipinski definition) is 4. The Bertz CT molecular complexity index is 570. The number of aromatic nitrogens is 3. The zero-order valence-electron chi connectivity index (χ0n) is 11.9. The highest BCUT2D eigenvalue weighted by Gasteiger charge is 2.22. The highest BCUT2D eigenvalue weighted by atomic mass is 79.9. The molecule has 2 rings (SSSR count). The maximum absolute atomic E-state index is 5.14. The number of methoxy groups -OCH3 is 1. The van der Waals surface area contributed by atoms with Crippen molar-refractivity contribution in [2.45, 2.75) is 19.5 Å². The molecular formula is C14H19BrN4O. The summed E-state index contributed by atoms with van der Waals surface area (Å²) in [5.74, 6) is 0. The van der Waals surface area contributed by atoms with Crippen molar-refractivity contribution in [2.24, 2.45) is 0 Å². The van der Waals surface area contributed by atoms with Gasteiger partial charge in [0.2, 0.25) is 0 Å². The van der Waals surface area contributed by atoms with E-state index in [4.69, 9.17) is 4.74 Å². The van der Waals surface area contributed by atoms with Crippen molar-refractivity contribution in [3.05, 3.63) is 46.0 Å². The number of halogens is 1. The van der Waals surface area contributed by atoms with Gasteiger partial charge in [-0.2, -0.15) is 5.10 Å².